The second kappa shape index (κ2) is 3.18. The van der Waals surface area contributed by atoms with Crippen molar-refractivity contribution in [2.24, 2.45) is 0 Å². The Morgan fingerprint density at radius 1 is 1.19 bits per heavy atom. The number of hydrogen-bond donors (Lipinski definition) is 0. The van der Waals surface area contributed by atoms with Crippen LogP contribution in [0.4, 0.5) is 0 Å². The molecule has 80 valence electrons. The van der Waals surface area contributed by atoms with E-state index < -0.39 is 0 Å². The van der Waals surface area contributed by atoms with Gasteiger partial charge in [-0.05, 0) is 35.6 Å². The zero-order chi connectivity index (χ0) is 11.2. The molecule has 3 rings (SSSR count). The summed E-state index contributed by atoms with van der Waals surface area (Å²) in [5.74, 6) is 0. The molecule has 0 bridgehead atoms. The lowest BCUT2D eigenvalue weighted by Crippen LogP contribution is -2.20. The van der Waals surface area contributed by atoms with Crippen molar-refractivity contribution in [3.8, 4) is 0 Å². The third-order valence-electron chi connectivity index (χ3n) is 3.39. The number of aromatic nitrogens is 1. The Kier molecular flexibility index (Phi) is 1.90. The maximum absolute atomic E-state index is 4.72. The van der Waals surface area contributed by atoms with Crippen LogP contribution in [0.3, 0.4) is 0 Å². The van der Waals surface area contributed by atoms with Gasteiger partial charge in [-0.25, -0.2) is 4.98 Å². The first-order valence-corrected chi connectivity index (χ1v) is 5.74. The second-order valence-corrected chi connectivity index (χ2v) is 5.10. The number of pyridine rings is 1. The van der Waals surface area contributed by atoms with Gasteiger partial charge in [0.2, 0.25) is 0 Å². The molecule has 1 aromatic heterocycles. The summed E-state index contributed by atoms with van der Waals surface area (Å²) in [5.41, 5.74) is 3.80. The van der Waals surface area contributed by atoms with Crippen molar-refractivity contribution in [1.82, 2.24) is 4.98 Å². The Morgan fingerprint density at radius 2 is 2.00 bits per heavy atom. The summed E-state index contributed by atoms with van der Waals surface area (Å²) in [6, 6.07) is 10.6. The molecule has 0 fully saturated rings. The van der Waals surface area contributed by atoms with E-state index in [4.69, 9.17) is 4.98 Å². The molecular weight excluding hydrogens is 194 g/mol. The molecular formula is C15H15N. The normalized spacial score (nSPS) is 17.4. The van der Waals surface area contributed by atoms with Crippen LogP contribution in [0, 0.1) is 0 Å². The average Bonchev–Trinajstić information content (AvgIpc) is 2.27. The van der Waals surface area contributed by atoms with Crippen LogP contribution < -0.4 is 0 Å². The van der Waals surface area contributed by atoms with Crippen molar-refractivity contribution in [2.75, 3.05) is 0 Å². The SMILES string of the molecule is CC1(C)CC=Cc2nc3ccccc3cc21. The Hall–Kier alpha value is -1.63. The molecule has 0 saturated heterocycles. The number of nitrogens with zero attached hydrogens (tertiary/aromatic N) is 1. The van der Waals surface area contributed by atoms with E-state index in [2.05, 4.69) is 50.3 Å². The highest BCUT2D eigenvalue weighted by atomic mass is 14.7. The van der Waals surface area contributed by atoms with Gasteiger partial charge in [-0.3, -0.25) is 0 Å². The molecule has 0 aliphatic heterocycles. The molecule has 1 nitrogen and oxygen atoms in total. The van der Waals surface area contributed by atoms with Crippen molar-refractivity contribution in [3.05, 3.63) is 47.7 Å². The molecule has 0 unspecified atom stereocenters. The Balaban J connectivity index is 2.35. The second-order valence-electron chi connectivity index (χ2n) is 5.10. The minimum absolute atomic E-state index is 0.209. The molecule has 0 spiro atoms. The van der Waals surface area contributed by atoms with Gasteiger partial charge in [0.15, 0.2) is 0 Å². The van der Waals surface area contributed by atoms with E-state index >= 15 is 0 Å². The van der Waals surface area contributed by atoms with Gasteiger partial charge in [0.05, 0.1) is 11.2 Å². The number of fused-ring (bicyclic) bond motifs is 2. The third-order valence-corrected chi connectivity index (χ3v) is 3.39. The quantitative estimate of drug-likeness (QED) is 0.640. The highest BCUT2D eigenvalue weighted by molar-refractivity contribution is 5.81. The standard InChI is InChI=1S/C15H15N/c1-15(2)9-5-8-14-12(15)10-11-6-3-4-7-13(11)16-14/h3-8,10H,9H2,1-2H3. The summed E-state index contributed by atoms with van der Waals surface area (Å²) in [6.07, 6.45) is 5.47. The summed E-state index contributed by atoms with van der Waals surface area (Å²) in [5, 5.41) is 1.24. The van der Waals surface area contributed by atoms with Gasteiger partial charge in [-0.2, -0.15) is 0 Å². The fourth-order valence-corrected chi connectivity index (χ4v) is 2.38. The van der Waals surface area contributed by atoms with Crippen molar-refractivity contribution in [2.45, 2.75) is 25.7 Å². The molecule has 0 saturated carbocycles. The minimum atomic E-state index is 0.209. The summed E-state index contributed by atoms with van der Waals surface area (Å²) >= 11 is 0. The van der Waals surface area contributed by atoms with Crippen LogP contribution in [-0.4, -0.2) is 4.98 Å². The van der Waals surface area contributed by atoms with Gasteiger partial charge >= 0.3 is 0 Å². The number of rotatable bonds is 0. The van der Waals surface area contributed by atoms with E-state index in [0.717, 1.165) is 17.6 Å². The van der Waals surface area contributed by atoms with E-state index in [9.17, 15) is 0 Å². The summed E-state index contributed by atoms with van der Waals surface area (Å²) < 4.78 is 0. The largest absolute Gasteiger partial charge is 0.248 e. The van der Waals surface area contributed by atoms with E-state index in [-0.39, 0.29) is 5.41 Å². The summed E-state index contributed by atoms with van der Waals surface area (Å²) in [6.45, 7) is 4.57. The molecule has 1 aromatic carbocycles. The van der Waals surface area contributed by atoms with Gasteiger partial charge in [-0.15, -0.1) is 0 Å². The Bertz CT molecular complexity index is 579. The predicted molar refractivity (Wildman–Crippen MR) is 68.4 cm³/mol. The van der Waals surface area contributed by atoms with Gasteiger partial charge in [-0.1, -0.05) is 38.1 Å². The van der Waals surface area contributed by atoms with Crippen molar-refractivity contribution in [3.63, 3.8) is 0 Å². The van der Waals surface area contributed by atoms with Gasteiger partial charge in [0, 0.05) is 5.39 Å². The van der Waals surface area contributed by atoms with Gasteiger partial charge in [0.1, 0.15) is 0 Å². The first-order chi connectivity index (χ1) is 7.67. The van der Waals surface area contributed by atoms with Gasteiger partial charge < -0.3 is 0 Å². The molecule has 1 aliphatic carbocycles. The molecule has 0 atom stereocenters. The van der Waals surface area contributed by atoms with Crippen LogP contribution in [0.5, 0.6) is 0 Å². The smallest absolute Gasteiger partial charge is 0.0709 e. The molecule has 1 heterocycles. The van der Waals surface area contributed by atoms with Crippen LogP contribution in [0.15, 0.2) is 36.4 Å². The number of allylic oxidation sites excluding steroid dienone is 1. The minimum Gasteiger partial charge on any atom is -0.248 e. The first kappa shape index (κ1) is 9.59. The molecule has 2 aromatic rings. The molecule has 16 heavy (non-hydrogen) atoms. The van der Waals surface area contributed by atoms with E-state index in [1.54, 1.807) is 0 Å². The van der Waals surface area contributed by atoms with Gasteiger partial charge in [0.25, 0.3) is 0 Å². The lowest BCUT2D eigenvalue weighted by atomic mass is 9.77. The fraction of sp³-hybridized carbons (Fsp3) is 0.267. The molecule has 0 N–H and O–H groups in total. The molecule has 0 amide bonds. The zero-order valence-corrected chi connectivity index (χ0v) is 9.70. The topological polar surface area (TPSA) is 12.9 Å². The molecule has 1 heteroatoms. The number of hydrogen-bond acceptors (Lipinski definition) is 1. The zero-order valence-electron chi connectivity index (χ0n) is 9.70. The van der Waals surface area contributed by atoms with Crippen LogP contribution in [0.25, 0.3) is 17.0 Å². The molecule has 1 aliphatic rings. The maximum atomic E-state index is 4.72. The third kappa shape index (κ3) is 1.35. The fourth-order valence-electron chi connectivity index (χ4n) is 2.38. The Labute approximate surface area is 95.8 Å². The summed E-state index contributed by atoms with van der Waals surface area (Å²) in [7, 11) is 0. The maximum Gasteiger partial charge on any atom is 0.0709 e. The lowest BCUT2D eigenvalue weighted by Gasteiger charge is -2.28. The average molecular weight is 209 g/mol. The van der Waals surface area contributed by atoms with Crippen molar-refractivity contribution < 1.29 is 0 Å². The van der Waals surface area contributed by atoms with E-state index in [1.807, 2.05) is 6.07 Å². The first-order valence-electron chi connectivity index (χ1n) is 5.74. The predicted octanol–water partition coefficient (Wildman–Crippen LogP) is 3.93. The van der Waals surface area contributed by atoms with Crippen molar-refractivity contribution in [1.29, 1.82) is 0 Å². The highest BCUT2D eigenvalue weighted by Crippen LogP contribution is 2.35. The lowest BCUT2D eigenvalue weighted by molar-refractivity contribution is 0.527. The number of benzene rings is 1. The van der Waals surface area contributed by atoms with Crippen LogP contribution in [0.2, 0.25) is 0 Å². The van der Waals surface area contributed by atoms with E-state index in [1.165, 1.54) is 10.9 Å². The van der Waals surface area contributed by atoms with Crippen molar-refractivity contribution >= 4 is 17.0 Å². The van der Waals surface area contributed by atoms with Crippen LogP contribution in [0.1, 0.15) is 31.5 Å². The number of para-hydroxylation sites is 1. The highest BCUT2D eigenvalue weighted by Gasteiger charge is 2.25. The van der Waals surface area contributed by atoms with Crippen LogP contribution >= 0.6 is 0 Å². The summed E-state index contributed by atoms with van der Waals surface area (Å²) in [4.78, 5) is 4.72. The van der Waals surface area contributed by atoms with E-state index in [0.29, 0.717) is 0 Å². The Morgan fingerprint density at radius 3 is 2.88 bits per heavy atom. The molecule has 0 radical (unpaired) electrons. The van der Waals surface area contributed by atoms with Crippen LogP contribution in [-0.2, 0) is 5.41 Å². The monoisotopic (exact) mass is 209 g/mol.